The fraction of sp³-hybridized carbons (Fsp3) is 1.00. The molecule has 0 aliphatic carbocycles. The molecule has 76 valence electrons. The highest BCUT2D eigenvalue weighted by Crippen LogP contribution is 2.07. The molecule has 0 aromatic heterocycles. The van der Waals surface area contributed by atoms with Gasteiger partial charge in [-0.2, -0.15) is 0 Å². The molecule has 4 heteroatoms. The van der Waals surface area contributed by atoms with Gasteiger partial charge in [-0.3, -0.25) is 0 Å². The van der Waals surface area contributed by atoms with Crippen LogP contribution in [0.3, 0.4) is 0 Å². The van der Waals surface area contributed by atoms with Crippen LogP contribution >= 0.6 is 0 Å². The minimum Gasteiger partial charge on any atom is -0.392 e. The van der Waals surface area contributed by atoms with Gasteiger partial charge in [0.2, 0.25) is 0 Å². The minimum atomic E-state index is -0.147. The van der Waals surface area contributed by atoms with Gasteiger partial charge < -0.3 is 20.5 Å². The predicted octanol–water partition coefficient (Wildman–Crippen LogP) is -0.912. The van der Waals surface area contributed by atoms with Crippen molar-refractivity contribution in [3.05, 3.63) is 0 Å². The molecule has 2 heterocycles. The van der Waals surface area contributed by atoms with Crippen molar-refractivity contribution < 1.29 is 9.84 Å². The molecule has 0 aromatic carbocycles. The van der Waals surface area contributed by atoms with Crippen molar-refractivity contribution in [2.24, 2.45) is 0 Å². The SMILES string of the molecule is O[C@H]1CN[C@H](CNC2CCOC2)C1. The first kappa shape index (κ1) is 9.40. The molecule has 4 nitrogen and oxygen atoms in total. The maximum Gasteiger partial charge on any atom is 0.0680 e. The number of nitrogens with one attached hydrogen (secondary N) is 2. The number of aliphatic hydroxyl groups is 1. The number of hydrogen-bond donors (Lipinski definition) is 3. The lowest BCUT2D eigenvalue weighted by Crippen LogP contribution is -2.39. The van der Waals surface area contributed by atoms with Gasteiger partial charge in [0.1, 0.15) is 0 Å². The third-order valence-corrected chi connectivity index (χ3v) is 2.78. The highest BCUT2D eigenvalue weighted by molar-refractivity contribution is 4.84. The first-order valence-corrected chi connectivity index (χ1v) is 5.07. The second-order valence-corrected chi connectivity index (χ2v) is 3.96. The second-order valence-electron chi connectivity index (χ2n) is 3.96. The van der Waals surface area contributed by atoms with Crippen LogP contribution < -0.4 is 10.6 Å². The van der Waals surface area contributed by atoms with Gasteiger partial charge in [0.15, 0.2) is 0 Å². The summed E-state index contributed by atoms with van der Waals surface area (Å²) in [6, 6.07) is 0.968. The molecule has 0 spiro atoms. The van der Waals surface area contributed by atoms with E-state index in [4.69, 9.17) is 4.74 Å². The molecule has 1 unspecified atom stereocenters. The van der Waals surface area contributed by atoms with Crippen molar-refractivity contribution in [3.8, 4) is 0 Å². The Labute approximate surface area is 78.7 Å². The molecule has 3 atom stereocenters. The van der Waals surface area contributed by atoms with Crippen molar-refractivity contribution in [3.63, 3.8) is 0 Å². The molecule has 3 N–H and O–H groups in total. The van der Waals surface area contributed by atoms with Gasteiger partial charge in [-0.15, -0.1) is 0 Å². The topological polar surface area (TPSA) is 53.5 Å². The average Bonchev–Trinajstić information content (AvgIpc) is 2.71. The fourth-order valence-electron chi connectivity index (χ4n) is 1.96. The van der Waals surface area contributed by atoms with E-state index in [-0.39, 0.29) is 6.10 Å². The van der Waals surface area contributed by atoms with Gasteiger partial charge in [-0.1, -0.05) is 0 Å². The Bertz CT molecular complexity index is 160. The Morgan fingerprint density at radius 2 is 2.46 bits per heavy atom. The van der Waals surface area contributed by atoms with Crippen LogP contribution in [0.5, 0.6) is 0 Å². The molecule has 2 saturated heterocycles. The number of hydrogen-bond acceptors (Lipinski definition) is 4. The van der Waals surface area contributed by atoms with Crippen LogP contribution in [0.4, 0.5) is 0 Å². The van der Waals surface area contributed by atoms with Gasteiger partial charge in [0.05, 0.1) is 12.7 Å². The Hall–Kier alpha value is -0.160. The molecule has 0 radical (unpaired) electrons. The highest BCUT2D eigenvalue weighted by atomic mass is 16.5. The number of ether oxygens (including phenoxy) is 1. The summed E-state index contributed by atoms with van der Waals surface area (Å²) in [4.78, 5) is 0. The van der Waals surface area contributed by atoms with Crippen molar-refractivity contribution in [1.82, 2.24) is 10.6 Å². The van der Waals surface area contributed by atoms with Gasteiger partial charge in [0, 0.05) is 31.8 Å². The van der Waals surface area contributed by atoms with Crippen molar-refractivity contribution in [2.75, 3.05) is 26.3 Å². The molecule has 2 aliphatic heterocycles. The zero-order valence-electron chi connectivity index (χ0n) is 7.83. The summed E-state index contributed by atoms with van der Waals surface area (Å²) >= 11 is 0. The Morgan fingerprint density at radius 3 is 3.08 bits per heavy atom. The van der Waals surface area contributed by atoms with E-state index >= 15 is 0 Å². The molecule has 2 fully saturated rings. The van der Waals surface area contributed by atoms with Crippen molar-refractivity contribution in [2.45, 2.75) is 31.0 Å². The maximum absolute atomic E-state index is 9.28. The lowest BCUT2D eigenvalue weighted by atomic mass is 10.2. The molecule has 0 bridgehead atoms. The van der Waals surface area contributed by atoms with E-state index < -0.39 is 0 Å². The van der Waals surface area contributed by atoms with Gasteiger partial charge in [-0.25, -0.2) is 0 Å². The first-order valence-electron chi connectivity index (χ1n) is 5.07. The van der Waals surface area contributed by atoms with E-state index in [2.05, 4.69) is 10.6 Å². The van der Waals surface area contributed by atoms with Crippen molar-refractivity contribution in [1.29, 1.82) is 0 Å². The second kappa shape index (κ2) is 4.37. The van der Waals surface area contributed by atoms with Crippen LogP contribution in [0.1, 0.15) is 12.8 Å². The zero-order chi connectivity index (χ0) is 9.10. The van der Waals surface area contributed by atoms with E-state index in [1.807, 2.05) is 0 Å². The third kappa shape index (κ3) is 2.64. The summed E-state index contributed by atoms with van der Waals surface area (Å²) in [5, 5.41) is 16.0. The van der Waals surface area contributed by atoms with Crippen LogP contribution in [-0.2, 0) is 4.74 Å². The molecule has 2 aliphatic rings. The molecule has 0 aromatic rings. The van der Waals surface area contributed by atoms with E-state index in [1.165, 1.54) is 0 Å². The van der Waals surface area contributed by atoms with Crippen LogP contribution in [0, 0.1) is 0 Å². The summed E-state index contributed by atoms with van der Waals surface area (Å²) in [7, 11) is 0. The highest BCUT2D eigenvalue weighted by Gasteiger charge is 2.23. The molecule has 0 amide bonds. The molecule has 13 heavy (non-hydrogen) atoms. The molecule has 2 rings (SSSR count). The standard InChI is InChI=1S/C9H18N2O2/c12-9-3-8(11-5-9)4-10-7-1-2-13-6-7/h7-12H,1-6H2/t7?,8-,9+/m0/s1. The van der Waals surface area contributed by atoms with E-state index in [0.29, 0.717) is 12.1 Å². The minimum absolute atomic E-state index is 0.147. The first-order chi connectivity index (χ1) is 6.34. The number of β-amino-alcohol motifs (C(OH)–C–C–N with tert-alkyl or cyclic N) is 1. The summed E-state index contributed by atoms with van der Waals surface area (Å²) in [5.74, 6) is 0. The Morgan fingerprint density at radius 1 is 1.54 bits per heavy atom. The summed E-state index contributed by atoms with van der Waals surface area (Å²) in [6.07, 6.45) is 1.85. The van der Waals surface area contributed by atoms with Gasteiger partial charge in [-0.05, 0) is 12.8 Å². The van der Waals surface area contributed by atoms with Gasteiger partial charge in [0.25, 0.3) is 0 Å². The van der Waals surface area contributed by atoms with Gasteiger partial charge >= 0.3 is 0 Å². The van der Waals surface area contributed by atoms with E-state index in [9.17, 15) is 5.11 Å². The average molecular weight is 186 g/mol. The fourth-order valence-corrected chi connectivity index (χ4v) is 1.96. The van der Waals surface area contributed by atoms with Crippen LogP contribution in [0.15, 0.2) is 0 Å². The number of aliphatic hydroxyl groups excluding tert-OH is 1. The quantitative estimate of drug-likeness (QED) is 0.534. The molecular formula is C9H18N2O2. The normalized spacial score (nSPS) is 39.9. The zero-order valence-corrected chi connectivity index (χ0v) is 7.83. The van der Waals surface area contributed by atoms with Crippen LogP contribution in [0.2, 0.25) is 0 Å². The molecular weight excluding hydrogens is 168 g/mol. The molecule has 0 saturated carbocycles. The lowest BCUT2D eigenvalue weighted by molar-refractivity contribution is 0.187. The van der Waals surface area contributed by atoms with Crippen molar-refractivity contribution >= 4 is 0 Å². The third-order valence-electron chi connectivity index (χ3n) is 2.78. The summed E-state index contributed by atoms with van der Waals surface area (Å²) in [6.45, 7) is 3.42. The van der Waals surface area contributed by atoms with Crippen LogP contribution in [0.25, 0.3) is 0 Å². The summed E-state index contributed by atoms with van der Waals surface area (Å²) in [5.41, 5.74) is 0. The maximum atomic E-state index is 9.28. The predicted molar refractivity (Wildman–Crippen MR) is 49.6 cm³/mol. The van der Waals surface area contributed by atoms with Crippen LogP contribution in [-0.4, -0.2) is 49.6 Å². The Kier molecular flexibility index (Phi) is 3.16. The lowest BCUT2D eigenvalue weighted by Gasteiger charge is -2.14. The van der Waals surface area contributed by atoms with E-state index in [0.717, 1.165) is 39.1 Å². The summed E-state index contributed by atoms with van der Waals surface area (Å²) < 4.78 is 5.26. The number of rotatable bonds is 3. The smallest absolute Gasteiger partial charge is 0.0680 e. The largest absolute Gasteiger partial charge is 0.392 e. The Balaban J connectivity index is 1.62. The van der Waals surface area contributed by atoms with E-state index in [1.54, 1.807) is 0 Å². The monoisotopic (exact) mass is 186 g/mol.